The molecular formula is C16H21N3O2. The summed E-state index contributed by atoms with van der Waals surface area (Å²) in [4.78, 5) is 19.4. The number of likely N-dealkylation sites (tertiary alicyclic amines) is 1. The van der Waals surface area contributed by atoms with E-state index in [0.717, 1.165) is 42.6 Å². The summed E-state index contributed by atoms with van der Waals surface area (Å²) in [5.74, 6) is 0.0864. The van der Waals surface area contributed by atoms with E-state index < -0.39 is 0 Å². The predicted octanol–water partition coefficient (Wildman–Crippen LogP) is 3.24. The maximum atomic E-state index is 13.0. The lowest BCUT2D eigenvalue weighted by molar-refractivity contribution is 0.0610. The summed E-state index contributed by atoms with van der Waals surface area (Å²) in [5.41, 5.74) is 2.65. The Morgan fingerprint density at radius 2 is 2.24 bits per heavy atom. The molecule has 0 unspecified atom stereocenters. The summed E-state index contributed by atoms with van der Waals surface area (Å²) in [6.45, 7) is 6.72. The van der Waals surface area contributed by atoms with Crippen molar-refractivity contribution in [2.75, 3.05) is 6.54 Å². The molecule has 1 saturated heterocycles. The van der Waals surface area contributed by atoms with Crippen molar-refractivity contribution in [2.45, 2.75) is 52.5 Å². The Hall–Kier alpha value is -1.91. The minimum Gasteiger partial charge on any atom is -0.336 e. The molecule has 2 aromatic rings. The Morgan fingerprint density at radius 1 is 1.43 bits per heavy atom. The number of amides is 1. The van der Waals surface area contributed by atoms with Crippen LogP contribution in [-0.2, 0) is 0 Å². The van der Waals surface area contributed by atoms with Gasteiger partial charge in [-0.1, -0.05) is 12.1 Å². The summed E-state index contributed by atoms with van der Waals surface area (Å²) < 4.78 is 5.23. The molecule has 1 fully saturated rings. The molecule has 5 nitrogen and oxygen atoms in total. The normalized spacial score (nSPS) is 19.2. The fourth-order valence-electron chi connectivity index (χ4n) is 3.23. The van der Waals surface area contributed by atoms with Crippen molar-refractivity contribution in [1.82, 2.24) is 15.0 Å². The van der Waals surface area contributed by atoms with Gasteiger partial charge in [-0.2, -0.15) is 0 Å². The van der Waals surface area contributed by atoms with Crippen LogP contribution in [0.3, 0.4) is 0 Å². The molecule has 1 atom stereocenters. The molecule has 1 aliphatic heterocycles. The third-order valence-electron chi connectivity index (χ3n) is 4.33. The highest BCUT2D eigenvalue weighted by Crippen LogP contribution is 2.27. The van der Waals surface area contributed by atoms with E-state index >= 15 is 0 Å². The highest BCUT2D eigenvalue weighted by Gasteiger charge is 2.28. The summed E-state index contributed by atoms with van der Waals surface area (Å²) in [7, 11) is 0. The molecule has 0 aliphatic carbocycles. The smallest absolute Gasteiger partial charge is 0.258 e. The topological polar surface area (TPSA) is 59.2 Å². The molecule has 0 radical (unpaired) electrons. The highest BCUT2D eigenvalue weighted by atomic mass is 16.5. The van der Waals surface area contributed by atoms with E-state index in [1.54, 1.807) is 0 Å². The van der Waals surface area contributed by atoms with Gasteiger partial charge in [0.25, 0.3) is 11.6 Å². The van der Waals surface area contributed by atoms with Crippen LogP contribution in [0.4, 0.5) is 0 Å². The van der Waals surface area contributed by atoms with E-state index in [-0.39, 0.29) is 5.91 Å². The van der Waals surface area contributed by atoms with Crippen LogP contribution < -0.4 is 0 Å². The van der Waals surface area contributed by atoms with Gasteiger partial charge in [-0.05, 0) is 45.6 Å². The van der Waals surface area contributed by atoms with Gasteiger partial charge in [0.05, 0.1) is 16.6 Å². The number of pyridine rings is 1. The Kier molecular flexibility index (Phi) is 3.66. The summed E-state index contributed by atoms with van der Waals surface area (Å²) >= 11 is 0. The van der Waals surface area contributed by atoms with E-state index in [9.17, 15) is 4.79 Å². The molecule has 1 amide bonds. The largest absolute Gasteiger partial charge is 0.336 e. The lowest BCUT2D eigenvalue weighted by Crippen LogP contribution is -2.43. The average molecular weight is 287 g/mol. The van der Waals surface area contributed by atoms with Crippen molar-refractivity contribution in [3.05, 3.63) is 23.0 Å². The second-order valence-electron chi connectivity index (χ2n) is 5.82. The van der Waals surface area contributed by atoms with Crippen LogP contribution in [-0.4, -0.2) is 33.5 Å². The molecule has 0 bridgehead atoms. The predicted molar refractivity (Wildman–Crippen MR) is 80.2 cm³/mol. The van der Waals surface area contributed by atoms with E-state index in [0.29, 0.717) is 17.3 Å². The van der Waals surface area contributed by atoms with Gasteiger partial charge < -0.3 is 9.42 Å². The maximum Gasteiger partial charge on any atom is 0.258 e. The minimum absolute atomic E-state index is 0.0864. The SMILES string of the molecule is CC[C@@H]1CCCCN1C(=O)c1cc(C)nc2onc(C)c12. The molecule has 112 valence electrons. The zero-order chi connectivity index (χ0) is 15.0. The third-order valence-corrected chi connectivity index (χ3v) is 4.33. The summed E-state index contributed by atoms with van der Waals surface area (Å²) in [6.07, 6.45) is 4.39. The lowest BCUT2D eigenvalue weighted by Gasteiger charge is -2.35. The molecule has 3 heterocycles. The molecule has 2 aromatic heterocycles. The van der Waals surface area contributed by atoms with Crippen LogP contribution >= 0.6 is 0 Å². The number of hydrogen-bond acceptors (Lipinski definition) is 4. The average Bonchev–Trinajstić information content (AvgIpc) is 2.86. The lowest BCUT2D eigenvalue weighted by atomic mass is 9.98. The van der Waals surface area contributed by atoms with Crippen LogP contribution in [0.15, 0.2) is 10.6 Å². The number of fused-ring (bicyclic) bond motifs is 1. The molecule has 21 heavy (non-hydrogen) atoms. The van der Waals surface area contributed by atoms with Crippen LogP contribution in [0.2, 0.25) is 0 Å². The quantitative estimate of drug-likeness (QED) is 0.850. The Morgan fingerprint density at radius 3 is 3.00 bits per heavy atom. The van der Waals surface area contributed by atoms with Gasteiger partial charge in [0.1, 0.15) is 0 Å². The van der Waals surface area contributed by atoms with Crippen molar-refractivity contribution >= 4 is 17.0 Å². The molecule has 0 spiro atoms. The summed E-state index contributed by atoms with van der Waals surface area (Å²) in [5, 5.41) is 4.71. The van der Waals surface area contributed by atoms with Crippen molar-refractivity contribution in [1.29, 1.82) is 0 Å². The Labute approximate surface area is 124 Å². The minimum atomic E-state index is 0.0864. The molecule has 1 aliphatic rings. The number of carbonyl (C=O) groups is 1. The number of carbonyl (C=O) groups excluding carboxylic acids is 1. The fraction of sp³-hybridized carbons (Fsp3) is 0.562. The van der Waals surface area contributed by atoms with Crippen molar-refractivity contribution in [2.24, 2.45) is 0 Å². The number of hydrogen-bond donors (Lipinski definition) is 0. The van der Waals surface area contributed by atoms with E-state index in [2.05, 4.69) is 17.1 Å². The Balaban J connectivity index is 2.06. The molecule has 0 N–H and O–H groups in total. The second-order valence-corrected chi connectivity index (χ2v) is 5.82. The van der Waals surface area contributed by atoms with Crippen LogP contribution in [0.1, 0.15) is 54.4 Å². The van der Waals surface area contributed by atoms with E-state index in [1.807, 2.05) is 24.8 Å². The zero-order valence-corrected chi connectivity index (χ0v) is 12.8. The standard InChI is InChI=1S/C16H21N3O2/c1-4-12-7-5-6-8-19(12)16(20)13-9-10(2)17-15-14(13)11(3)18-21-15/h9,12H,4-8H2,1-3H3/t12-/m1/s1. The third kappa shape index (κ3) is 2.41. The van der Waals surface area contributed by atoms with Gasteiger partial charge >= 0.3 is 0 Å². The number of rotatable bonds is 2. The zero-order valence-electron chi connectivity index (χ0n) is 12.8. The van der Waals surface area contributed by atoms with Gasteiger partial charge in [0, 0.05) is 18.3 Å². The maximum absolute atomic E-state index is 13.0. The van der Waals surface area contributed by atoms with Gasteiger partial charge in [-0.25, -0.2) is 4.98 Å². The van der Waals surface area contributed by atoms with Crippen molar-refractivity contribution in [3.8, 4) is 0 Å². The van der Waals surface area contributed by atoms with Gasteiger partial charge in [0.2, 0.25) is 0 Å². The van der Waals surface area contributed by atoms with Crippen molar-refractivity contribution in [3.63, 3.8) is 0 Å². The van der Waals surface area contributed by atoms with Gasteiger partial charge in [0.15, 0.2) is 0 Å². The monoisotopic (exact) mass is 287 g/mol. The van der Waals surface area contributed by atoms with Crippen LogP contribution in [0.25, 0.3) is 11.1 Å². The first-order valence-electron chi connectivity index (χ1n) is 7.66. The molecule has 5 heteroatoms. The van der Waals surface area contributed by atoms with Crippen LogP contribution in [0.5, 0.6) is 0 Å². The number of nitrogens with zero attached hydrogens (tertiary/aromatic N) is 3. The molecular weight excluding hydrogens is 266 g/mol. The van der Waals surface area contributed by atoms with Crippen LogP contribution in [0, 0.1) is 13.8 Å². The first kappa shape index (κ1) is 14.0. The number of aromatic nitrogens is 2. The van der Waals surface area contributed by atoms with Gasteiger partial charge in [-0.3, -0.25) is 4.79 Å². The first-order valence-corrected chi connectivity index (χ1v) is 7.66. The first-order chi connectivity index (χ1) is 10.1. The highest BCUT2D eigenvalue weighted by molar-refractivity contribution is 6.06. The molecule has 3 rings (SSSR count). The Bertz CT molecular complexity index is 677. The van der Waals surface area contributed by atoms with E-state index in [1.165, 1.54) is 6.42 Å². The molecule has 0 aromatic carbocycles. The number of aryl methyl sites for hydroxylation is 2. The second kappa shape index (κ2) is 5.47. The van der Waals surface area contributed by atoms with Crippen molar-refractivity contribution < 1.29 is 9.32 Å². The fourth-order valence-corrected chi connectivity index (χ4v) is 3.23. The van der Waals surface area contributed by atoms with Gasteiger partial charge in [-0.15, -0.1) is 0 Å². The number of piperidine rings is 1. The molecule has 0 saturated carbocycles. The summed E-state index contributed by atoms with van der Waals surface area (Å²) in [6, 6.07) is 2.20. The van der Waals surface area contributed by atoms with E-state index in [4.69, 9.17) is 4.52 Å².